The van der Waals surface area contributed by atoms with Gasteiger partial charge in [-0.25, -0.2) is 0 Å². The zero-order valence-corrected chi connectivity index (χ0v) is 12.5. The normalized spacial score (nSPS) is 28.4. The maximum absolute atomic E-state index is 10.8. The fraction of sp³-hybridized carbons (Fsp3) is 0.706. The van der Waals surface area contributed by atoms with Crippen LogP contribution in [0.3, 0.4) is 0 Å². The third-order valence-corrected chi connectivity index (χ3v) is 4.87. The monoisotopic (exact) mass is 288 g/mol. The van der Waals surface area contributed by atoms with Crippen LogP contribution in [0.1, 0.15) is 57.8 Å². The number of nitrogens with zero attached hydrogens (tertiary/aromatic N) is 2. The van der Waals surface area contributed by atoms with Gasteiger partial charge in [-0.3, -0.25) is 10.1 Å². The van der Waals surface area contributed by atoms with Crippen LogP contribution in [0.15, 0.2) is 23.8 Å². The van der Waals surface area contributed by atoms with E-state index in [1.807, 2.05) is 12.2 Å². The Balaban J connectivity index is 1.87. The number of nitro groups is 1. The quantitative estimate of drug-likeness (QED) is 0.333. The Morgan fingerprint density at radius 1 is 1.10 bits per heavy atom. The lowest BCUT2D eigenvalue weighted by molar-refractivity contribution is -0.526. The number of allylic oxidation sites excluding steroid dienone is 4. The molecule has 0 amide bonds. The number of rotatable bonds is 4. The van der Waals surface area contributed by atoms with E-state index in [0.29, 0.717) is 18.8 Å². The van der Waals surface area contributed by atoms with Crippen LogP contribution in [-0.2, 0) is 0 Å². The van der Waals surface area contributed by atoms with Gasteiger partial charge in [-0.15, -0.1) is 0 Å². The smallest absolute Gasteiger partial charge is 0.213 e. The summed E-state index contributed by atoms with van der Waals surface area (Å²) in [6.45, 7) is 0. The molecule has 0 aromatic carbocycles. The molecule has 0 atom stereocenters. The second-order valence-corrected chi connectivity index (χ2v) is 6.31. The van der Waals surface area contributed by atoms with E-state index in [-0.39, 0.29) is 10.8 Å². The first-order valence-electron chi connectivity index (χ1n) is 8.12. The summed E-state index contributed by atoms with van der Waals surface area (Å²) in [5.41, 5.74) is 0.795. The molecule has 2 rings (SSSR count). The lowest BCUT2D eigenvalue weighted by Gasteiger charge is -2.23. The van der Waals surface area contributed by atoms with Crippen LogP contribution in [0.5, 0.6) is 0 Å². The molecule has 4 nitrogen and oxygen atoms in total. The second-order valence-electron chi connectivity index (χ2n) is 6.31. The molecule has 0 bridgehead atoms. The Labute approximate surface area is 126 Å². The van der Waals surface area contributed by atoms with E-state index in [1.54, 1.807) is 0 Å². The Bertz CT molecular complexity index is 448. The van der Waals surface area contributed by atoms with E-state index in [9.17, 15) is 15.4 Å². The van der Waals surface area contributed by atoms with Crippen LogP contribution >= 0.6 is 0 Å². The van der Waals surface area contributed by atoms with Crippen molar-refractivity contribution in [3.05, 3.63) is 33.9 Å². The molecule has 2 aliphatic rings. The van der Waals surface area contributed by atoms with Gasteiger partial charge in [-0.2, -0.15) is 5.26 Å². The third kappa shape index (κ3) is 4.70. The van der Waals surface area contributed by atoms with Crippen LogP contribution in [0.4, 0.5) is 0 Å². The van der Waals surface area contributed by atoms with E-state index >= 15 is 0 Å². The summed E-state index contributed by atoms with van der Waals surface area (Å²) in [4.78, 5) is 10.6. The summed E-state index contributed by atoms with van der Waals surface area (Å²) in [5, 5.41) is 20.1. The van der Waals surface area contributed by atoms with Gasteiger partial charge in [0.15, 0.2) is 0 Å². The zero-order valence-electron chi connectivity index (χ0n) is 12.5. The topological polar surface area (TPSA) is 66.9 Å². The highest BCUT2D eigenvalue weighted by molar-refractivity contribution is 5.28. The van der Waals surface area contributed by atoms with Gasteiger partial charge in [0, 0.05) is 23.3 Å². The van der Waals surface area contributed by atoms with E-state index < -0.39 is 6.04 Å². The van der Waals surface area contributed by atoms with Gasteiger partial charge in [0.1, 0.15) is 0 Å². The molecule has 114 valence electrons. The van der Waals surface area contributed by atoms with Gasteiger partial charge in [0.25, 0.3) is 0 Å². The average molecular weight is 288 g/mol. The van der Waals surface area contributed by atoms with Gasteiger partial charge in [0.05, 0.1) is 6.07 Å². The van der Waals surface area contributed by atoms with Gasteiger partial charge in [-0.1, -0.05) is 31.4 Å². The molecular weight excluding hydrogens is 264 g/mol. The number of hydrogen-bond donors (Lipinski definition) is 0. The highest BCUT2D eigenvalue weighted by Gasteiger charge is 2.29. The Morgan fingerprint density at radius 3 is 2.33 bits per heavy atom. The van der Waals surface area contributed by atoms with Crippen molar-refractivity contribution in [1.29, 1.82) is 5.26 Å². The molecule has 0 aromatic heterocycles. The molecule has 2 fully saturated rings. The fourth-order valence-electron chi connectivity index (χ4n) is 3.51. The summed E-state index contributed by atoms with van der Waals surface area (Å²) in [7, 11) is 0. The summed E-state index contributed by atoms with van der Waals surface area (Å²) in [6, 6.07) is 1.89. The third-order valence-electron chi connectivity index (χ3n) is 4.87. The van der Waals surface area contributed by atoms with Crippen molar-refractivity contribution in [2.45, 2.75) is 63.8 Å². The molecule has 4 heteroatoms. The molecule has 2 aliphatic carbocycles. The lowest BCUT2D eigenvalue weighted by Crippen LogP contribution is -2.26. The molecule has 21 heavy (non-hydrogen) atoms. The SMILES string of the molecule is N#C/C(=C/C=C/C1CCCCC1)C1CCC([N+](=O)[O-])CC1. The predicted molar refractivity (Wildman–Crippen MR) is 82.2 cm³/mol. The fourth-order valence-corrected chi connectivity index (χ4v) is 3.51. The lowest BCUT2D eigenvalue weighted by atomic mass is 9.81. The van der Waals surface area contributed by atoms with E-state index in [2.05, 4.69) is 12.1 Å². The van der Waals surface area contributed by atoms with E-state index in [1.165, 1.54) is 32.1 Å². The molecule has 0 aromatic rings. The zero-order chi connectivity index (χ0) is 15.1. The molecule has 0 heterocycles. The largest absolute Gasteiger partial charge is 0.264 e. The first-order valence-corrected chi connectivity index (χ1v) is 8.12. The summed E-state index contributed by atoms with van der Waals surface area (Å²) < 4.78 is 0. The Kier molecular flexibility index (Phi) is 5.98. The molecule has 2 saturated carbocycles. The molecule has 0 N–H and O–H groups in total. The van der Waals surface area contributed by atoms with Gasteiger partial charge >= 0.3 is 0 Å². The van der Waals surface area contributed by atoms with Crippen molar-refractivity contribution in [2.24, 2.45) is 11.8 Å². The first-order chi connectivity index (χ1) is 10.2. The molecule has 0 saturated heterocycles. The summed E-state index contributed by atoms with van der Waals surface area (Å²) in [6.07, 6.45) is 15.4. The van der Waals surface area contributed by atoms with Crippen molar-refractivity contribution in [2.75, 3.05) is 0 Å². The summed E-state index contributed by atoms with van der Waals surface area (Å²) >= 11 is 0. The van der Waals surface area contributed by atoms with Crippen LogP contribution in [-0.4, -0.2) is 11.0 Å². The Morgan fingerprint density at radius 2 is 1.76 bits per heavy atom. The standard InChI is InChI=1S/C17H24N2O2/c18-13-16(8-4-7-14-5-2-1-3-6-14)15-9-11-17(12-10-15)19(20)21/h4,7-8,14-15,17H,1-3,5-6,9-12H2/b7-4+,16-8-. The van der Waals surface area contributed by atoms with Gasteiger partial charge in [0.2, 0.25) is 6.04 Å². The van der Waals surface area contributed by atoms with Crippen molar-refractivity contribution in [3.8, 4) is 6.07 Å². The van der Waals surface area contributed by atoms with E-state index in [0.717, 1.165) is 18.4 Å². The van der Waals surface area contributed by atoms with Crippen molar-refractivity contribution < 1.29 is 4.92 Å². The van der Waals surface area contributed by atoms with Crippen LogP contribution in [0, 0.1) is 33.3 Å². The van der Waals surface area contributed by atoms with Crippen molar-refractivity contribution >= 4 is 0 Å². The highest BCUT2D eigenvalue weighted by Crippen LogP contribution is 2.31. The molecule has 0 unspecified atom stereocenters. The Hall–Kier alpha value is -1.63. The minimum Gasteiger partial charge on any atom is -0.264 e. The summed E-state index contributed by atoms with van der Waals surface area (Å²) in [5.74, 6) is 0.877. The average Bonchev–Trinajstić information content (AvgIpc) is 2.53. The predicted octanol–water partition coefficient (Wildman–Crippen LogP) is 4.41. The maximum Gasteiger partial charge on any atom is 0.213 e. The molecular formula is C17H24N2O2. The minimum atomic E-state index is -0.404. The molecule has 0 spiro atoms. The minimum absolute atomic E-state index is 0.172. The van der Waals surface area contributed by atoms with Crippen molar-refractivity contribution in [1.82, 2.24) is 0 Å². The van der Waals surface area contributed by atoms with Crippen molar-refractivity contribution in [3.63, 3.8) is 0 Å². The van der Waals surface area contributed by atoms with E-state index in [4.69, 9.17) is 0 Å². The van der Waals surface area contributed by atoms with Crippen LogP contribution < -0.4 is 0 Å². The van der Waals surface area contributed by atoms with Gasteiger partial charge in [-0.05, 0) is 43.6 Å². The van der Waals surface area contributed by atoms with Crippen LogP contribution in [0.25, 0.3) is 0 Å². The molecule has 0 radical (unpaired) electrons. The molecule has 0 aliphatic heterocycles. The second kappa shape index (κ2) is 7.97. The first kappa shape index (κ1) is 15.8. The van der Waals surface area contributed by atoms with Gasteiger partial charge < -0.3 is 0 Å². The highest BCUT2D eigenvalue weighted by atomic mass is 16.6. The number of nitriles is 1. The maximum atomic E-state index is 10.8. The number of hydrogen-bond acceptors (Lipinski definition) is 3. The van der Waals surface area contributed by atoms with Crippen LogP contribution in [0.2, 0.25) is 0 Å².